The Morgan fingerprint density at radius 3 is 2.22 bits per heavy atom. The summed E-state index contributed by atoms with van der Waals surface area (Å²) in [5, 5.41) is 3.85. The predicted octanol–water partition coefficient (Wildman–Crippen LogP) is 2.32. The number of hydrogen-bond acceptors (Lipinski definition) is 4. The first-order valence-corrected chi connectivity index (χ1v) is 9.35. The summed E-state index contributed by atoms with van der Waals surface area (Å²) in [4.78, 5) is 52.1. The van der Waals surface area contributed by atoms with Gasteiger partial charge in [-0.25, -0.2) is 9.36 Å². The minimum Gasteiger partial charge on any atom is -0.326 e. The number of carbonyl (C=O) groups is 2. The molecule has 0 fully saturated rings. The van der Waals surface area contributed by atoms with Crippen LogP contribution in [0.1, 0.15) is 15.9 Å². The Morgan fingerprint density at radius 1 is 1.00 bits per heavy atom. The number of H-pyrrole nitrogens is 1. The number of alkyl halides is 3. The molecule has 164 valence electrons. The van der Waals surface area contributed by atoms with Crippen molar-refractivity contribution in [2.24, 2.45) is 0 Å². The summed E-state index contributed by atoms with van der Waals surface area (Å²) >= 11 is 5.73. The van der Waals surface area contributed by atoms with E-state index in [1.54, 1.807) is 16.4 Å². The van der Waals surface area contributed by atoms with Gasteiger partial charge in [-0.1, -0.05) is 29.8 Å². The fourth-order valence-electron chi connectivity index (χ4n) is 3.45. The van der Waals surface area contributed by atoms with Gasteiger partial charge >= 0.3 is 11.9 Å². The van der Waals surface area contributed by atoms with Gasteiger partial charge in [0.05, 0.1) is 5.69 Å². The summed E-state index contributed by atoms with van der Waals surface area (Å²) in [7, 11) is 0. The second kappa shape index (κ2) is 7.38. The van der Waals surface area contributed by atoms with Crippen molar-refractivity contribution in [1.82, 2.24) is 14.9 Å². The van der Waals surface area contributed by atoms with Crippen molar-refractivity contribution < 1.29 is 22.8 Å². The first-order chi connectivity index (χ1) is 15.1. The molecule has 3 N–H and O–H groups in total. The lowest BCUT2D eigenvalue weighted by Crippen LogP contribution is -2.62. The van der Waals surface area contributed by atoms with Crippen LogP contribution in [0, 0.1) is 0 Å². The number of benzene rings is 2. The summed E-state index contributed by atoms with van der Waals surface area (Å²) < 4.78 is 43.8. The number of nitrogens with one attached hydrogen (secondary N) is 3. The molecule has 2 heterocycles. The van der Waals surface area contributed by atoms with Gasteiger partial charge in [0.1, 0.15) is 11.4 Å². The number of anilines is 1. The van der Waals surface area contributed by atoms with E-state index in [1.165, 1.54) is 36.4 Å². The summed E-state index contributed by atoms with van der Waals surface area (Å²) in [5.74, 6) is -3.70. The van der Waals surface area contributed by atoms with Gasteiger partial charge in [-0.15, -0.1) is 0 Å². The number of fused-ring (bicyclic) bond motifs is 1. The highest BCUT2D eigenvalue weighted by molar-refractivity contribution is 6.30. The summed E-state index contributed by atoms with van der Waals surface area (Å²) in [6.07, 6.45) is -5.43. The minimum absolute atomic E-state index is 0.0901. The van der Waals surface area contributed by atoms with Crippen LogP contribution < -0.4 is 21.9 Å². The van der Waals surface area contributed by atoms with Gasteiger partial charge < -0.3 is 10.6 Å². The second-order valence-electron chi connectivity index (χ2n) is 6.82. The molecular weight excluding hydrogens is 453 g/mol. The summed E-state index contributed by atoms with van der Waals surface area (Å²) in [5.41, 5.74) is -7.57. The first-order valence-electron chi connectivity index (χ1n) is 8.98. The molecule has 0 saturated carbocycles. The molecule has 1 aliphatic rings. The lowest BCUT2D eigenvalue weighted by atomic mass is 9.91. The zero-order valence-corrected chi connectivity index (χ0v) is 16.5. The Balaban J connectivity index is 1.96. The van der Waals surface area contributed by atoms with E-state index in [9.17, 15) is 32.3 Å². The number of carbonyl (C=O) groups excluding carboxylic acids is 2. The van der Waals surface area contributed by atoms with Crippen LogP contribution in [0.4, 0.5) is 19.0 Å². The zero-order chi connectivity index (χ0) is 23.3. The van der Waals surface area contributed by atoms with Crippen LogP contribution in [0.15, 0.2) is 64.2 Å². The zero-order valence-electron chi connectivity index (χ0n) is 15.8. The molecule has 2 aromatic carbocycles. The fraction of sp³-hybridized carbons (Fsp3) is 0.100. The van der Waals surface area contributed by atoms with Crippen LogP contribution in [0.3, 0.4) is 0 Å². The van der Waals surface area contributed by atoms with Crippen LogP contribution in [0.2, 0.25) is 5.02 Å². The van der Waals surface area contributed by atoms with Crippen molar-refractivity contribution in [2.45, 2.75) is 11.7 Å². The number of para-hydroxylation sites is 1. The molecule has 0 saturated heterocycles. The van der Waals surface area contributed by atoms with E-state index >= 15 is 0 Å². The fourth-order valence-corrected chi connectivity index (χ4v) is 3.57. The van der Waals surface area contributed by atoms with Crippen LogP contribution >= 0.6 is 11.6 Å². The van der Waals surface area contributed by atoms with Crippen molar-refractivity contribution in [3.63, 3.8) is 0 Å². The molecule has 8 nitrogen and oxygen atoms in total. The predicted molar refractivity (Wildman–Crippen MR) is 108 cm³/mol. The Kier molecular flexibility index (Phi) is 4.93. The number of nitrogens with zero attached hydrogens (tertiary/aromatic N) is 1. The van der Waals surface area contributed by atoms with Gasteiger partial charge in [0.25, 0.3) is 22.9 Å². The van der Waals surface area contributed by atoms with Crippen molar-refractivity contribution >= 4 is 29.2 Å². The third-order valence-corrected chi connectivity index (χ3v) is 5.16. The molecule has 0 radical (unpaired) electrons. The van der Waals surface area contributed by atoms with E-state index in [0.29, 0.717) is 0 Å². The van der Waals surface area contributed by atoms with E-state index in [1.807, 2.05) is 5.32 Å². The monoisotopic (exact) mass is 464 g/mol. The van der Waals surface area contributed by atoms with Crippen molar-refractivity contribution in [3.05, 3.63) is 91.6 Å². The first kappa shape index (κ1) is 21.4. The number of halogens is 4. The Labute approximate surface area is 181 Å². The molecule has 0 unspecified atom stereocenters. The molecule has 32 heavy (non-hydrogen) atoms. The highest BCUT2D eigenvalue weighted by Gasteiger charge is 2.68. The molecule has 2 amide bonds. The van der Waals surface area contributed by atoms with E-state index < -0.39 is 46.2 Å². The molecule has 0 bridgehead atoms. The van der Waals surface area contributed by atoms with E-state index in [4.69, 9.17) is 11.6 Å². The summed E-state index contributed by atoms with van der Waals surface area (Å²) in [6, 6.07) is 12.3. The number of amides is 2. The van der Waals surface area contributed by atoms with E-state index in [-0.39, 0.29) is 16.3 Å². The molecule has 1 aliphatic heterocycles. The van der Waals surface area contributed by atoms with Crippen molar-refractivity contribution in [3.8, 4) is 5.69 Å². The molecule has 4 rings (SSSR count). The van der Waals surface area contributed by atoms with E-state index in [2.05, 4.69) is 0 Å². The number of aromatic amines is 1. The maximum Gasteiger partial charge on any atom is 0.425 e. The Morgan fingerprint density at radius 2 is 1.62 bits per heavy atom. The van der Waals surface area contributed by atoms with Gasteiger partial charge in [0.15, 0.2) is 0 Å². The van der Waals surface area contributed by atoms with Crippen molar-refractivity contribution in [1.29, 1.82) is 0 Å². The van der Waals surface area contributed by atoms with Gasteiger partial charge in [-0.2, -0.15) is 13.2 Å². The Hall–Kier alpha value is -3.86. The van der Waals surface area contributed by atoms with Gasteiger partial charge in [0.2, 0.25) is 0 Å². The second-order valence-corrected chi connectivity index (χ2v) is 7.25. The third-order valence-electron chi connectivity index (χ3n) is 4.91. The van der Waals surface area contributed by atoms with Gasteiger partial charge in [0, 0.05) is 10.6 Å². The maximum atomic E-state index is 14.4. The molecule has 3 aromatic rings. The average Bonchev–Trinajstić information content (AvgIpc) is 3.02. The highest BCUT2D eigenvalue weighted by atomic mass is 35.5. The lowest BCUT2D eigenvalue weighted by molar-refractivity contribution is -0.196. The quantitative estimate of drug-likeness (QED) is 0.552. The molecule has 0 spiro atoms. The van der Waals surface area contributed by atoms with Crippen molar-refractivity contribution in [2.75, 3.05) is 5.32 Å². The number of rotatable bonds is 3. The average molecular weight is 465 g/mol. The van der Waals surface area contributed by atoms with Crippen LogP contribution in [-0.4, -0.2) is 27.5 Å². The highest BCUT2D eigenvalue weighted by Crippen LogP contribution is 2.45. The Bertz CT molecular complexity index is 1350. The molecule has 1 atom stereocenters. The standard InChI is InChI=1S/C20H12ClF3N4O4/c21-11-8-6-10(7-9-11)15(29)27-19(20(22,23)24)13-14(25-17(19)31)28(18(32)26-16(13)30)12-4-2-1-3-5-12/h1-9H,(H,25,31)(H,27,29)(H,26,30,32)/t19-/m1/s1. The molecule has 12 heteroatoms. The molecular formula is C20H12ClF3N4O4. The molecule has 0 aliphatic carbocycles. The SMILES string of the molecule is O=C(N[C@@]1(C(F)(F)F)C(=O)Nc2c1c(=O)[nH]c(=O)n2-c1ccccc1)c1ccc(Cl)cc1. The van der Waals surface area contributed by atoms with Crippen LogP contribution in [0.25, 0.3) is 5.69 Å². The smallest absolute Gasteiger partial charge is 0.326 e. The van der Waals surface area contributed by atoms with Gasteiger partial charge in [-0.3, -0.25) is 19.4 Å². The third kappa shape index (κ3) is 3.17. The van der Waals surface area contributed by atoms with Gasteiger partial charge in [-0.05, 0) is 36.4 Å². The number of aromatic nitrogens is 2. The van der Waals surface area contributed by atoms with Crippen LogP contribution in [-0.2, 0) is 10.3 Å². The molecule has 1 aromatic heterocycles. The normalized spacial score (nSPS) is 17.6. The maximum absolute atomic E-state index is 14.4. The largest absolute Gasteiger partial charge is 0.425 e. The van der Waals surface area contributed by atoms with Crippen LogP contribution in [0.5, 0.6) is 0 Å². The summed E-state index contributed by atoms with van der Waals surface area (Å²) in [6.45, 7) is 0. The topological polar surface area (TPSA) is 113 Å². The lowest BCUT2D eigenvalue weighted by Gasteiger charge is -2.30. The van der Waals surface area contributed by atoms with E-state index in [0.717, 1.165) is 16.7 Å². The number of hydrogen-bond donors (Lipinski definition) is 3. The minimum atomic E-state index is -5.43.